The molecule has 0 aromatic carbocycles. The van der Waals surface area contributed by atoms with E-state index in [9.17, 15) is 0 Å². The van der Waals surface area contributed by atoms with Crippen LogP contribution in [0.5, 0.6) is 0 Å². The number of morpholine rings is 1. The second-order valence-electron chi connectivity index (χ2n) is 7.06. The third-order valence-corrected chi connectivity index (χ3v) is 5.44. The summed E-state index contributed by atoms with van der Waals surface area (Å²) in [7, 11) is 0. The van der Waals surface area contributed by atoms with E-state index in [2.05, 4.69) is 31.6 Å². The van der Waals surface area contributed by atoms with Crippen LogP contribution in [-0.4, -0.2) is 77.8 Å². The number of hydrogen-bond acceptors (Lipinski definition) is 6. The molecule has 0 bridgehead atoms. The SMILES string of the molecule is CC1CN2CCCC2CN1Cc1cnc(N2CCOCC2)nc1. The molecule has 6 nitrogen and oxygen atoms in total. The molecule has 1 aromatic heterocycles. The molecular formula is C17H27N5O. The highest BCUT2D eigenvalue weighted by atomic mass is 16.5. The van der Waals surface area contributed by atoms with Gasteiger partial charge in [0.2, 0.25) is 5.95 Å². The van der Waals surface area contributed by atoms with Crippen molar-refractivity contribution in [1.29, 1.82) is 0 Å². The van der Waals surface area contributed by atoms with Gasteiger partial charge in [-0.25, -0.2) is 9.97 Å². The van der Waals surface area contributed by atoms with Crippen LogP contribution < -0.4 is 4.90 Å². The van der Waals surface area contributed by atoms with Gasteiger partial charge in [-0.1, -0.05) is 0 Å². The maximum absolute atomic E-state index is 5.38. The summed E-state index contributed by atoms with van der Waals surface area (Å²) in [5, 5.41) is 0. The Morgan fingerprint density at radius 1 is 1.13 bits per heavy atom. The summed E-state index contributed by atoms with van der Waals surface area (Å²) < 4.78 is 5.38. The second kappa shape index (κ2) is 6.71. The maximum atomic E-state index is 5.38. The fourth-order valence-electron chi connectivity index (χ4n) is 4.06. The molecule has 126 valence electrons. The molecule has 6 heteroatoms. The molecule has 0 N–H and O–H groups in total. The number of anilines is 1. The van der Waals surface area contributed by atoms with Gasteiger partial charge in [0.05, 0.1) is 13.2 Å². The molecule has 3 aliphatic heterocycles. The molecule has 23 heavy (non-hydrogen) atoms. The van der Waals surface area contributed by atoms with Gasteiger partial charge in [0.25, 0.3) is 0 Å². The Balaban J connectivity index is 1.38. The Bertz CT molecular complexity index is 516. The first-order valence-electron chi connectivity index (χ1n) is 8.91. The molecule has 3 fully saturated rings. The normalized spacial score (nSPS) is 29.7. The minimum atomic E-state index is 0.614. The van der Waals surface area contributed by atoms with Gasteiger partial charge in [0.1, 0.15) is 0 Å². The van der Waals surface area contributed by atoms with Gasteiger partial charge in [-0.3, -0.25) is 9.80 Å². The standard InChI is InChI=1S/C17H27N5O/c1-14-11-21-4-2-3-16(21)13-22(14)12-15-9-18-17(19-10-15)20-5-7-23-8-6-20/h9-10,14,16H,2-8,11-13H2,1H3. The van der Waals surface area contributed by atoms with Crippen LogP contribution in [0.4, 0.5) is 5.95 Å². The first-order chi connectivity index (χ1) is 11.3. The summed E-state index contributed by atoms with van der Waals surface area (Å²) in [4.78, 5) is 16.6. The Labute approximate surface area is 138 Å². The number of rotatable bonds is 3. The zero-order valence-electron chi connectivity index (χ0n) is 14.0. The topological polar surface area (TPSA) is 44.7 Å². The molecule has 2 atom stereocenters. The molecule has 0 aliphatic carbocycles. The van der Waals surface area contributed by atoms with Gasteiger partial charge in [0.15, 0.2) is 0 Å². The number of ether oxygens (including phenoxy) is 1. The van der Waals surface area contributed by atoms with Gasteiger partial charge >= 0.3 is 0 Å². The van der Waals surface area contributed by atoms with Crippen molar-refractivity contribution in [1.82, 2.24) is 19.8 Å². The van der Waals surface area contributed by atoms with Crippen LogP contribution in [0.25, 0.3) is 0 Å². The summed E-state index contributed by atoms with van der Waals surface area (Å²) in [6, 6.07) is 1.38. The molecule has 0 amide bonds. The summed E-state index contributed by atoms with van der Waals surface area (Å²) in [6.07, 6.45) is 6.73. The van der Waals surface area contributed by atoms with Crippen molar-refractivity contribution in [3.05, 3.63) is 18.0 Å². The van der Waals surface area contributed by atoms with E-state index in [1.807, 2.05) is 12.4 Å². The molecule has 4 rings (SSSR count). The molecule has 3 aliphatic rings. The Kier molecular flexibility index (Phi) is 4.46. The molecular weight excluding hydrogens is 290 g/mol. The summed E-state index contributed by atoms with van der Waals surface area (Å²) >= 11 is 0. The first kappa shape index (κ1) is 15.3. The van der Waals surface area contributed by atoms with Crippen molar-refractivity contribution < 1.29 is 4.74 Å². The lowest BCUT2D eigenvalue weighted by Crippen LogP contribution is -2.54. The van der Waals surface area contributed by atoms with Gasteiger partial charge in [-0.05, 0) is 26.3 Å². The van der Waals surface area contributed by atoms with Crippen molar-refractivity contribution in [3.63, 3.8) is 0 Å². The highest BCUT2D eigenvalue weighted by Crippen LogP contribution is 2.25. The number of nitrogens with zero attached hydrogens (tertiary/aromatic N) is 5. The van der Waals surface area contributed by atoms with Crippen LogP contribution in [0.1, 0.15) is 25.3 Å². The number of aromatic nitrogens is 2. The van der Waals surface area contributed by atoms with E-state index >= 15 is 0 Å². The average Bonchev–Trinajstić information content (AvgIpc) is 3.04. The van der Waals surface area contributed by atoms with Crippen molar-refractivity contribution >= 4 is 5.95 Å². The predicted octanol–water partition coefficient (Wildman–Crippen LogP) is 0.982. The molecule has 2 unspecified atom stereocenters. The van der Waals surface area contributed by atoms with Gasteiger partial charge < -0.3 is 9.64 Å². The number of fused-ring (bicyclic) bond motifs is 1. The van der Waals surface area contributed by atoms with E-state index in [-0.39, 0.29) is 0 Å². The van der Waals surface area contributed by atoms with E-state index in [1.165, 1.54) is 38.0 Å². The predicted molar refractivity (Wildman–Crippen MR) is 89.5 cm³/mol. The molecule has 3 saturated heterocycles. The van der Waals surface area contributed by atoms with Crippen LogP contribution >= 0.6 is 0 Å². The Morgan fingerprint density at radius 2 is 1.91 bits per heavy atom. The highest BCUT2D eigenvalue weighted by molar-refractivity contribution is 5.30. The molecule has 1 aromatic rings. The fraction of sp³-hybridized carbons (Fsp3) is 0.765. The zero-order chi connectivity index (χ0) is 15.6. The lowest BCUT2D eigenvalue weighted by Gasteiger charge is -2.42. The Morgan fingerprint density at radius 3 is 2.70 bits per heavy atom. The Hall–Kier alpha value is -1.24. The van der Waals surface area contributed by atoms with Gasteiger partial charge in [0, 0.05) is 62.8 Å². The summed E-state index contributed by atoms with van der Waals surface area (Å²) in [5.41, 5.74) is 1.22. The zero-order valence-corrected chi connectivity index (χ0v) is 14.0. The van der Waals surface area contributed by atoms with Crippen LogP contribution in [0.15, 0.2) is 12.4 Å². The van der Waals surface area contributed by atoms with Crippen LogP contribution in [0.3, 0.4) is 0 Å². The van der Waals surface area contributed by atoms with Crippen molar-refractivity contribution in [2.75, 3.05) is 50.8 Å². The highest BCUT2D eigenvalue weighted by Gasteiger charge is 2.34. The number of hydrogen-bond donors (Lipinski definition) is 0. The fourth-order valence-corrected chi connectivity index (χ4v) is 4.06. The first-order valence-corrected chi connectivity index (χ1v) is 8.91. The third-order valence-electron chi connectivity index (χ3n) is 5.44. The minimum absolute atomic E-state index is 0.614. The third kappa shape index (κ3) is 3.34. The van der Waals surface area contributed by atoms with Crippen molar-refractivity contribution in [3.8, 4) is 0 Å². The van der Waals surface area contributed by atoms with E-state index in [1.54, 1.807) is 0 Å². The minimum Gasteiger partial charge on any atom is -0.378 e. The van der Waals surface area contributed by atoms with Crippen molar-refractivity contribution in [2.24, 2.45) is 0 Å². The maximum Gasteiger partial charge on any atom is 0.225 e. The lowest BCUT2D eigenvalue weighted by molar-refractivity contribution is 0.0539. The summed E-state index contributed by atoms with van der Waals surface area (Å²) in [6.45, 7) is 10.3. The van der Waals surface area contributed by atoms with E-state index in [0.29, 0.717) is 6.04 Å². The van der Waals surface area contributed by atoms with E-state index < -0.39 is 0 Å². The largest absolute Gasteiger partial charge is 0.378 e. The van der Waals surface area contributed by atoms with Crippen LogP contribution in [0.2, 0.25) is 0 Å². The van der Waals surface area contributed by atoms with E-state index in [4.69, 9.17) is 4.74 Å². The molecule has 0 spiro atoms. The molecule has 4 heterocycles. The summed E-state index contributed by atoms with van der Waals surface area (Å²) in [5.74, 6) is 0.839. The lowest BCUT2D eigenvalue weighted by atomic mass is 10.1. The van der Waals surface area contributed by atoms with E-state index in [0.717, 1.165) is 44.8 Å². The monoisotopic (exact) mass is 317 g/mol. The van der Waals surface area contributed by atoms with Crippen LogP contribution in [-0.2, 0) is 11.3 Å². The molecule has 0 radical (unpaired) electrons. The second-order valence-corrected chi connectivity index (χ2v) is 7.06. The van der Waals surface area contributed by atoms with Gasteiger partial charge in [-0.15, -0.1) is 0 Å². The van der Waals surface area contributed by atoms with Gasteiger partial charge in [-0.2, -0.15) is 0 Å². The average molecular weight is 317 g/mol. The quantitative estimate of drug-likeness (QED) is 0.828. The smallest absolute Gasteiger partial charge is 0.225 e. The van der Waals surface area contributed by atoms with Crippen molar-refractivity contribution in [2.45, 2.75) is 38.4 Å². The number of piperazine rings is 1. The molecule has 0 saturated carbocycles. The van der Waals surface area contributed by atoms with Crippen LogP contribution in [0, 0.1) is 0 Å².